The monoisotopic (exact) mass is 241 g/mol. The third kappa shape index (κ3) is 2.57. The van der Waals surface area contributed by atoms with Gasteiger partial charge in [-0.25, -0.2) is 0 Å². The number of carbonyl (C=O) groups is 2. The molecule has 0 saturated heterocycles. The number of hydrogen-bond acceptors (Lipinski definition) is 4. The number of anilines is 1. The summed E-state index contributed by atoms with van der Waals surface area (Å²) in [6.07, 6.45) is 0.354. The number of carbonyl (C=O) groups excluding carboxylic acids is 2. The van der Waals surface area contributed by atoms with Crippen LogP contribution in [0, 0.1) is 0 Å². The molecule has 0 aromatic carbocycles. The van der Waals surface area contributed by atoms with E-state index in [0.29, 0.717) is 22.7 Å². The minimum absolute atomic E-state index is 0.103. The first-order valence-corrected chi connectivity index (χ1v) is 5.83. The fraction of sp³-hybridized carbons (Fsp3) is 0.500. The van der Waals surface area contributed by atoms with Crippen molar-refractivity contribution < 1.29 is 9.59 Å². The van der Waals surface area contributed by atoms with E-state index in [1.165, 1.54) is 0 Å². The van der Waals surface area contributed by atoms with Crippen LogP contribution in [0.1, 0.15) is 49.2 Å². The maximum absolute atomic E-state index is 11.3. The number of rotatable bonds is 4. The lowest BCUT2D eigenvalue weighted by molar-refractivity contribution is -0.115. The Hall–Kier alpha value is -1.43. The van der Waals surface area contributed by atoms with Gasteiger partial charge in [0.05, 0.1) is 11.3 Å². The molecule has 16 heavy (non-hydrogen) atoms. The first-order valence-electron chi connectivity index (χ1n) is 5.06. The highest BCUT2D eigenvalue weighted by Gasteiger charge is 2.21. The molecule has 0 aliphatic carbocycles. The zero-order chi connectivity index (χ0) is 12.3. The van der Waals surface area contributed by atoms with Gasteiger partial charge in [0.2, 0.25) is 5.91 Å². The lowest BCUT2D eigenvalue weighted by Gasteiger charge is -2.05. The summed E-state index contributed by atoms with van der Waals surface area (Å²) in [4.78, 5) is 22.6. The topological polar surface area (TPSA) is 85.1 Å². The molecule has 0 aliphatic heterocycles. The van der Waals surface area contributed by atoms with Crippen molar-refractivity contribution in [3.63, 3.8) is 0 Å². The van der Waals surface area contributed by atoms with Gasteiger partial charge in [0.25, 0.3) is 5.91 Å². The van der Waals surface area contributed by atoms with E-state index in [0.717, 1.165) is 11.5 Å². The van der Waals surface area contributed by atoms with Crippen LogP contribution in [0.3, 0.4) is 0 Å². The van der Waals surface area contributed by atoms with Gasteiger partial charge < -0.3 is 11.1 Å². The largest absolute Gasteiger partial charge is 0.365 e. The van der Waals surface area contributed by atoms with Gasteiger partial charge in [-0.2, -0.15) is 4.37 Å². The van der Waals surface area contributed by atoms with Crippen LogP contribution in [0.2, 0.25) is 0 Å². The maximum Gasteiger partial charge on any atom is 0.253 e. The molecule has 3 N–H and O–H groups in total. The molecule has 1 rings (SSSR count). The van der Waals surface area contributed by atoms with Crippen LogP contribution in [0.15, 0.2) is 0 Å². The number of nitrogens with one attached hydrogen (secondary N) is 1. The van der Waals surface area contributed by atoms with E-state index in [1.807, 2.05) is 13.8 Å². The molecule has 5 nitrogen and oxygen atoms in total. The Morgan fingerprint density at radius 1 is 1.50 bits per heavy atom. The van der Waals surface area contributed by atoms with E-state index in [1.54, 1.807) is 6.92 Å². The van der Waals surface area contributed by atoms with Gasteiger partial charge in [-0.15, -0.1) is 0 Å². The van der Waals surface area contributed by atoms with Gasteiger partial charge in [0.15, 0.2) is 0 Å². The standard InChI is InChI=1S/C10H15N3O2S/c1-4-6(14)12-10-7(9(11)15)8(5(2)3)13-16-10/h5H,4H2,1-3H3,(H2,11,15)(H,12,14). The molecule has 88 valence electrons. The fourth-order valence-electron chi connectivity index (χ4n) is 1.23. The number of nitrogens with zero attached hydrogens (tertiary/aromatic N) is 1. The molecule has 0 fully saturated rings. The minimum atomic E-state index is -0.552. The van der Waals surface area contributed by atoms with Crippen molar-refractivity contribution in [3.8, 4) is 0 Å². The Bertz CT molecular complexity index is 412. The summed E-state index contributed by atoms with van der Waals surface area (Å²) in [5.74, 6) is -0.601. The van der Waals surface area contributed by atoms with E-state index in [4.69, 9.17) is 5.73 Å². The Morgan fingerprint density at radius 3 is 2.56 bits per heavy atom. The molecule has 1 aromatic rings. The highest BCUT2D eigenvalue weighted by Crippen LogP contribution is 2.29. The molecule has 0 atom stereocenters. The number of amides is 2. The van der Waals surface area contributed by atoms with E-state index in [2.05, 4.69) is 9.69 Å². The number of primary amides is 1. The third-order valence-electron chi connectivity index (χ3n) is 2.09. The summed E-state index contributed by atoms with van der Waals surface area (Å²) in [5, 5.41) is 3.08. The quantitative estimate of drug-likeness (QED) is 0.841. The van der Waals surface area contributed by atoms with Gasteiger partial charge in [-0.1, -0.05) is 20.8 Å². The highest BCUT2D eigenvalue weighted by molar-refractivity contribution is 7.11. The van der Waals surface area contributed by atoms with Crippen molar-refractivity contribution in [1.82, 2.24) is 4.37 Å². The summed E-state index contributed by atoms with van der Waals surface area (Å²) < 4.78 is 4.15. The van der Waals surface area contributed by atoms with E-state index >= 15 is 0 Å². The molecule has 0 unspecified atom stereocenters. The normalized spacial score (nSPS) is 10.5. The average molecular weight is 241 g/mol. The molecular formula is C10H15N3O2S. The Labute approximate surface area is 98.2 Å². The molecule has 0 spiro atoms. The molecule has 6 heteroatoms. The highest BCUT2D eigenvalue weighted by atomic mass is 32.1. The molecule has 0 saturated carbocycles. The van der Waals surface area contributed by atoms with E-state index < -0.39 is 5.91 Å². The second-order valence-corrected chi connectivity index (χ2v) is 4.47. The molecule has 0 radical (unpaired) electrons. The molecule has 1 heterocycles. The van der Waals surface area contributed by atoms with Crippen LogP contribution < -0.4 is 11.1 Å². The minimum Gasteiger partial charge on any atom is -0.365 e. The molecule has 2 amide bonds. The average Bonchev–Trinajstić information content (AvgIpc) is 2.61. The van der Waals surface area contributed by atoms with Crippen molar-refractivity contribution in [2.45, 2.75) is 33.1 Å². The summed E-state index contributed by atoms with van der Waals surface area (Å²) in [5.41, 5.74) is 6.27. The van der Waals surface area contributed by atoms with Crippen LogP contribution in [0.5, 0.6) is 0 Å². The van der Waals surface area contributed by atoms with Crippen molar-refractivity contribution in [1.29, 1.82) is 0 Å². The summed E-state index contributed by atoms with van der Waals surface area (Å²) in [6, 6.07) is 0. The van der Waals surface area contributed by atoms with E-state index in [-0.39, 0.29) is 11.8 Å². The van der Waals surface area contributed by atoms with Gasteiger partial charge in [-0.3, -0.25) is 9.59 Å². The van der Waals surface area contributed by atoms with Crippen LogP contribution in [0.4, 0.5) is 5.00 Å². The number of hydrogen-bond donors (Lipinski definition) is 2. The van der Waals surface area contributed by atoms with Crippen LogP contribution in [-0.2, 0) is 4.79 Å². The Kier molecular flexibility index (Phi) is 4.00. The molecule has 1 aromatic heterocycles. The molecule has 0 aliphatic rings. The SMILES string of the molecule is CCC(=O)Nc1snc(C(C)C)c1C(N)=O. The van der Waals surface area contributed by atoms with Crippen LogP contribution in [0.25, 0.3) is 0 Å². The van der Waals surface area contributed by atoms with Crippen molar-refractivity contribution in [2.24, 2.45) is 5.73 Å². The first kappa shape index (κ1) is 12.6. The lowest BCUT2D eigenvalue weighted by Crippen LogP contribution is -2.17. The predicted molar refractivity (Wildman–Crippen MR) is 63.6 cm³/mol. The van der Waals surface area contributed by atoms with Crippen molar-refractivity contribution in [2.75, 3.05) is 5.32 Å². The zero-order valence-electron chi connectivity index (χ0n) is 9.53. The van der Waals surface area contributed by atoms with Crippen LogP contribution >= 0.6 is 11.5 Å². The Morgan fingerprint density at radius 2 is 2.12 bits per heavy atom. The van der Waals surface area contributed by atoms with Gasteiger partial charge >= 0.3 is 0 Å². The number of aromatic nitrogens is 1. The van der Waals surface area contributed by atoms with Crippen molar-refractivity contribution in [3.05, 3.63) is 11.3 Å². The second-order valence-electron chi connectivity index (χ2n) is 3.69. The van der Waals surface area contributed by atoms with Crippen molar-refractivity contribution >= 4 is 28.3 Å². The van der Waals surface area contributed by atoms with Gasteiger partial charge in [0, 0.05) is 6.42 Å². The molecule has 0 bridgehead atoms. The number of nitrogens with two attached hydrogens (primary N) is 1. The lowest BCUT2D eigenvalue weighted by atomic mass is 10.1. The fourth-order valence-corrected chi connectivity index (χ4v) is 2.18. The molecular weight excluding hydrogens is 226 g/mol. The predicted octanol–water partition coefficient (Wildman–Crippen LogP) is 1.71. The smallest absolute Gasteiger partial charge is 0.253 e. The van der Waals surface area contributed by atoms with E-state index in [9.17, 15) is 9.59 Å². The zero-order valence-corrected chi connectivity index (χ0v) is 10.4. The maximum atomic E-state index is 11.3. The third-order valence-corrected chi connectivity index (χ3v) is 2.86. The first-order chi connectivity index (χ1) is 7.47. The van der Waals surface area contributed by atoms with Crippen LogP contribution in [-0.4, -0.2) is 16.2 Å². The summed E-state index contributed by atoms with van der Waals surface area (Å²) >= 11 is 1.09. The summed E-state index contributed by atoms with van der Waals surface area (Å²) in [7, 11) is 0. The summed E-state index contributed by atoms with van der Waals surface area (Å²) in [6.45, 7) is 5.59. The van der Waals surface area contributed by atoms with Gasteiger partial charge in [0.1, 0.15) is 5.00 Å². The Balaban J connectivity index is 3.10. The van der Waals surface area contributed by atoms with Gasteiger partial charge in [-0.05, 0) is 17.5 Å². The second kappa shape index (κ2) is 5.07.